The van der Waals surface area contributed by atoms with Gasteiger partial charge in [0.15, 0.2) is 0 Å². The first-order chi connectivity index (χ1) is 16.3. The van der Waals surface area contributed by atoms with Gasteiger partial charge in [0.25, 0.3) is 0 Å². The number of hydrogen-bond acceptors (Lipinski definition) is 4. The smallest absolute Gasteiger partial charge is 0.242 e. The molecule has 0 aromatic heterocycles. The highest BCUT2D eigenvalue weighted by atomic mass is 32.2. The first kappa shape index (κ1) is 25.7. The van der Waals surface area contributed by atoms with Crippen LogP contribution in [0.4, 0.5) is 5.69 Å². The first-order valence-electron chi connectivity index (χ1n) is 11.9. The molecule has 0 spiro atoms. The number of sulfonamides is 1. The van der Waals surface area contributed by atoms with Crippen molar-refractivity contribution < 1.29 is 18.0 Å². The third-order valence-electron chi connectivity index (χ3n) is 6.26. The summed E-state index contributed by atoms with van der Waals surface area (Å²) in [4.78, 5) is 27.8. The minimum Gasteiger partial charge on any atom is -0.352 e. The lowest BCUT2D eigenvalue weighted by Crippen LogP contribution is -2.49. The molecular weight excluding hydrogens is 450 g/mol. The van der Waals surface area contributed by atoms with Crippen LogP contribution in [0.15, 0.2) is 60.7 Å². The van der Waals surface area contributed by atoms with E-state index < -0.39 is 16.1 Å². The predicted octanol–water partition coefficient (Wildman–Crippen LogP) is 3.71. The molecule has 8 heteroatoms. The third kappa shape index (κ3) is 7.32. The SMILES string of the molecule is CC(C(=O)NC1CCCC1)N(Cc1ccccc1)C(=O)CCCN(c1ccccc1)S(C)(=O)=O. The molecule has 2 amide bonds. The lowest BCUT2D eigenvalue weighted by molar-refractivity contribution is -0.141. The number of rotatable bonds is 11. The minimum absolute atomic E-state index is 0.141. The van der Waals surface area contributed by atoms with Crippen molar-refractivity contribution in [3.05, 3.63) is 66.2 Å². The first-order valence-corrected chi connectivity index (χ1v) is 13.8. The van der Waals surface area contributed by atoms with Crippen molar-refractivity contribution in [2.45, 2.75) is 64.1 Å². The lowest BCUT2D eigenvalue weighted by Gasteiger charge is -2.30. The molecule has 2 aromatic carbocycles. The van der Waals surface area contributed by atoms with Crippen LogP contribution in [0.2, 0.25) is 0 Å². The van der Waals surface area contributed by atoms with Gasteiger partial charge in [-0.3, -0.25) is 13.9 Å². The Morgan fingerprint density at radius 3 is 2.18 bits per heavy atom. The van der Waals surface area contributed by atoms with Crippen LogP contribution in [0.1, 0.15) is 51.0 Å². The molecule has 1 N–H and O–H groups in total. The zero-order valence-corrected chi connectivity index (χ0v) is 20.8. The summed E-state index contributed by atoms with van der Waals surface area (Å²) in [7, 11) is -3.48. The molecule has 1 fully saturated rings. The average molecular weight is 486 g/mol. The van der Waals surface area contributed by atoms with Gasteiger partial charge in [0.05, 0.1) is 11.9 Å². The molecule has 34 heavy (non-hydrogen) atoms. The number of anilines is 1. The molecule has 0 radical (unpaired) electrons. The van der Waals surface area contributed by atoms with E-state index >= 15 is 0 Å². The van der Waals surface area contributed by atoms with Gasteiger partial charge in [-0.15, -0.1) is 0 Å². The van der Waals surface area contributed by atoms with E-state index in [1.54, 1.807) is 36.1 Å². The van der Waals surface area contributed by atoms with Gasteiger partial charge in [0.1, 0.15) is 6.04 Å². The second-order valence-corrected chi connectivity index (χ2v) is 10.9. The van der Waals surface area contributed by atoms with Crippen LogP contribution in [0.3, 0.4) is 0 Å². The minimum atomic E-state index is -3.48. The zero-order chi connectivity index (χ0) is 24.6. The highest BCUT2D eigenvalue weighted by Crippen LogP contribution is 2.20. The number of nitrogens with zero attached hydrogens (tertiary/aromatic N) is 2. The molecule has 1 aliphatic rings. The second kappa shape index (κ2) is 12.0. The molecule has 1 saturated carbocycles. The Kier molecular flexibility index (Phi) is 9.10. The molecule has 1 aliphatic carbocycles. The van der Waals surface area contributed by atoms with Crippen molar-refractivity contribution in [2.24, 2.45) is 0 Å². The summed E-state index contributed by atoms with van der Waals surface area (Å²) < 4.78 is 26.0. The van der Waals surface area contributed by atoms with E-state index in [4.69, 9.17) is 0 Å². The molecule has 0 saturated heterocycles. The fraction of sp³-hybridized carbons (Fsp3) is 0.462. The van der Waals surface area contributed by atoms with Crippen LogP contribution in [-0.4, -0.2) is 50.0 Å². The van der Waals surface area contributed by atoms with Gasteiger partial charge >= 0.3 is 0 Å². The van der Waals surface area contributed by atoms with Crippen LogP contribution in [-0.2, 0) is 26.2 Å². The van der Waals surface area contributed by atoms with Gasteiger partial charge in [0.2, 0.25) is 21.8 Å². The van der Waals surface area contributed by atoms with Crippen LogP contribution in [0, 0.1) is 0 Å². The summed E-state index contributed by atoms with van der Waals surface area (Å²) in [5.74, 6) is -0.308. The standard InChI is InChI=1S/C26H35N3O4S/c1-21(26(31)27-23-14-9-10-15-23)28(20-22-12-5-3-6-13-22)25(30)18-11-19-29(34(2,32)33)24-16-7-4-8-17-24/h3-8,12-13,16-17,21,23H,9-11,14-15,18-20H2,1-2H3,(H,27,31). The number of nitrogens with one attached hydrogen (secondary N) is 1. The van der Waals surface area contributed by atoms with E-state index in [9.17, 15) is 18.0 Å². The molecule has 0 aliphatic heterocycles. The van der Waals surface area contributed by atoms with Crippen molar-refractivity contribution in [1.82, 2.24) is 10.2 Å². The number of benzene rings is 2. The Bertz CT molecular complexity index is 1040. The van der Waals surface area contributed by atoms with E-state index in [1.807, 2.05) is 36.4 Å². The van der Waals surface area contributed by atoms with Crippen molar-refractivity contribution in [2.75, 3.05) is 17.1 Å². The summed E-state index contributed by atoms with van der Waals surface area (Å²) in [6, 6.07) is 18.0. The Balaban J connectivity index is 1.68. The van der Waals surface area contributed by atoms with Crippen molar-refractivity contribution in [3.8, 4) is 0 Å². The molecule has 3 rings (SSSR count). The van der Waals surface area contributed by atoms with E-state index in [0.29, 0.717) is 18.7 Å². The number of amides is 2. The van der Waals surface area contributed by atoms with Crippen molar-refractivity contribution in [3.63, 3.8) is 0 Å². The Morgan fingerprint density at radius 1 is 1.00 bits per heavy atom. The second-order valence-electron chi connectivity index (χ2n) is 8.95. The summed E-state index contributed by atoms with van der Waals surface area (Å²) >= 11 is 0. The fourth-order valence-corrected chi connectivity index (χ4v) is 5.32. The maximum Gasteiger partial charge on any atom is 0.242 e. The molecule has 2 aromatic rings. The molecule has 0 heterocycles. The van der Waals surface area contributed by atoms with Crippen molar-refractivity contribution in [1.29, 1.82) is 0 Å². The summed E-state index contributed by atoms with van der Waals surface area (Å²) in [6.07, 6.45) is 5.85. The maximum atomic E-state index is 13.3. The van der Waals surface area contributed by atoms with Gasteiger partial charge in [-0.2, -0.15) is 0 Å². The van der Waals surface area contributed by atoms with Gasteiger partial charge in [-0.05, 0) is 43.9 Å². The van der Waals surface area contributed by atoms with Gasteiger partial charge in [-0.25, -0.2) is 8.42 Å². The summed E-state index contributed by atoms with van der Waals surface area (Å²) in [6.45, 7) is 2.28. The van der Waals surface area contributed by atoms with Gasteiger partial charge < -0.3 is 10.2 Å². The van der Waals surface area contributed by atoms with E-state index in [2.05, 4.69) is 5.32 Å². The molecule has 1 atom stereocenters. The lowest BCUT2D eigenvalue weighted by atomic mass is 10.1. The monoisotopic (exact) mass is 485 g/mol. The van der Waals surface area contributed by atoms with Crippen LogP contribution >= 0.6 is 0 Å². The number of para-hydroxylation sites is 1. The highest BCUT2D eigenvalue weighted by Gasteiger charge is 2.28. The van der Waals surface area contributed by atoms with E-state index in [-0.39, 0.29) is 30.8 Å². The Labute approximate surface area is 203 Å². The third-order valence-corrected chi connectivity index (χ3v) is 7.46. The van der Waals surface area contributed by atoms with Crippen molar-refractivity contribution >= 4 is 27.5 Å². The van der Waals surface area contributed by atoms with Gasteiger partial charge in [-0.1, -0.05) is 61.4 Å². The molecular formula is C26H35N3O4S. The predicted molar refractivity (Wildman–Crippen MR) is 135 cm³/mol. The number of hydrogen-bond donors (Lipinski definition) is 1. The zero-order valence-electron chi connectivity index (χ0n) is 20.0. The maximum absolute atomic E-state index is 13.3. The average Bonchev–Trinajstić information content (AvgIpc) is 3.33. The normalized spacial score (nSPS) is 15.0. The van der Waals surface area contributed by atoms with E-state index in [1.165, 1.54) is 10.6 Å². The molecule has 7 nitrogen and oxygen atoms in total. The van der Waals surface area contributed by atoms with E-state index in [0.717, 1.165) is 31.2 Å². The summed E-state index contributed by atoms with van der Waals surface area (Å²) in [5, 5.41) is 3.10. The highest BCUT2D eigenvalue weighted by molar-refractivity contribution is 7.92. The Hall–Kier alpha value is -2.87. The molecule has 0 bridgehead atoms. The largest absolute Gasteiger partial charge is 0.352 e. The van der Waals surface area contributed by atoms with Crippen LogP contribution in [0.25, 0.3) is 0 Å². The van der Waals surface area contributed by atoms with Gasteiger partial charge in [0, 0.05) is 25.6 Å². The van der Waals surface area contributed by atoms with Crippen LogP contribution < -0.4 is 9.62 Å². The Morgan fingerprint density at radius 2 is 1.59 bits per heavy atom. The number of carbonyl (C=O) groups excluding carboxylic acids is 2. The quantitative estimate of drug-likeness (QED) is 0.526. The fourth-order valence-electron chi connectivity index (χ4n) is 4.35. The van der Waals surface area contributed by atoms with Crippen LogP contribution in [0.5, 0.6) is 0 Å². The number of carbonyl (C=O) groups is 2. The molecule has 1 unspecified atom stereocenters. The topological polar surface area (TPSA) is 86.8 Å². The summed E-state index contributed by atoms with van der Waals surface area (Å²) in [5.41, 5.74) is 1.52. The molecule has 184 valence electrons.